The molecular formula is C11H15NO3. The van der Waals surface area contributed by atoms with Gasteiger partial charge in [-0.25, -0.2) is 9.78 Å². The highest BCUT2D eigenvalue weighted by Crippen LogP contribution is 2.21. The van der Waals surface area contributed by atoms with Gasteiger partial charge in [-0.15, -0.1) is 0 Å². The van der Waals surface area contributed by atoms with E-state index in [1.165, 1.54) is 12.7 Å². The van der Waals surface area contributed by atoms with E-state index in [2.05, 4.69) is 16.3 Å². The molecule has 4 heteroatoms. The van der Waals surface area contributed by atoms with Crippen LogP contribution in [0.4, 0.5) is 0 Å². The molecule has 0 radical (unpaired) electrons. The van der Waals surface area contributed by atoms with Crippen LogP contribution in [-0.2, 0) is 22.9 Å². The number of nitrogens with one attached hydrogen (secondary N) is 1. The predicted octanol–water partition coefficient (Wildman–Crippen LogP) is 1.25. The molecule has 1 aromatic carbocycles. The molecule has 1 heterocycles. The summed E-state index contributed by atoms with van der Waals surface area (Å²) >= 11 is 0. The third kappa shape index (κ3) is 2.68. The number of rotatable bonds is 3. The van der Waals surface area contributed by atoms with Gasteiger partial charge in [0.05, 0.1) is 7.11 Å². The Morgan fingerprint density at radius 2 is 2.40 bits per heavy atom. The molecule has 0 bridgehead atoms. The van der Waals surface area contributed by atoms with E-state index in [-0.39, 0.29) is 0 Å². The molecule has 0 spiro atoms. The van der Waals surface area contributed by atoms with Crippen molar-refractivity contribution in [1.29, 1.82) is 0 Å². The van der Waals surface area contributed by atoms with Gasteiger partial charge in [0, 0.05) is 18.7 Å². The van der Waals surface area contributed by atoms with Crippen molar-refractivity contribution in [3.8, 4) is 5.75 Å². The van der Waals surface area contributed by atoms with Crippen molar-refractivity contribution >= 4 is 0 Å². The second-order valence-corrected chi connectivity index (χ2v) is 3.40. The van der Waals surface area contributed by atoms with Gasteiger partial charge in [-0.2, -0.15) is 0 Å². The maximum absolute atomic E-state index is 5.57. The Labute approximate surface area is 89.1 Å². The maximum atomic E-state index is 5.57. The van der Waals surface area contributed by atoms with Crippen molar-refractivity contribution in [2.45, 2.75) is 13.2 Å². The minimum Gasteiger partial charge on any atom is -0.492 e. The van der Waals surface area contributed by atoms with E-state index in [1.807, 2.05) is 12.1 Å². The van der Waals surface area contributed by atoms with Crippen LogP contribution in [0, 0.1) is 0 Å². The number of fused-ring (bicyclic) bond motifs is 1. The number of benzene rings is 1. The van der Waals surface area contributed by atoms with Crippen LogP contribution in [-0.4, -0.2) is 20.3 Å². The Morgan fingerprint density at radius 3 is 3.27 bits per heavy atom. The van der Waals surface area contributed by atoms with Gasteiger partial charge in [-0.3, -0.25) is 0 Å². The summed E-state index contributed by atoms with van der Waals surface area (Å²) in [6.07, 6.45) is 0. The maximum Gasteiger partial charge on any atom is 0.123 e. The molecule has 1 aliphatic heterocycles. The van der Waals surface area contributed by atoms with Crippen LogP contribution in [0.5, 0.6) is 5.75 Å². The fraction of sp³-hybridized carbons (Fsp3) is 0.455. The van der Waals surface area contributed by atoms with Gasteiger partial charge in [0.2, 0.25) is 0 Å². The lowest BCUT2D eigenvalue weighted by molar-refractivity contribution is -0.282. The van der Waals surface area contributed by atoms with Crippen molar-refractivity contribution in [2.24, 2.45) is 0 Å². The SMILES string of the molecule is COOCc1ccc2c(c1)CNCCO2. The highest BCUT2D eigenvalue weighted by atomic mass is 17.2. The van der Waals surface area contributed by atoms with Gasteiger partial charge >= 0.3 is 0 Å². The summed E-state index contributed by atoms with van der Waals surface area (Å²) < 4.78 is 5.57. The zero-order chi connectivity index (χ0) is 10.5. The molecule has 2 rings (SSSR count). The molecule has 15 heavy (non-hydrogen) atoms. The van der Waals surface area contributed by atoms with Gasteiger partial charge in [0.25, 0.3) is 0 Å². The van der Waals surface area contributed by atoms with Gasteiger partial charge in [-0.05, 0) is 17.7 Å². The quantitative estimate of drug-likeness (QED) is 0.600. The van der Waals surface area contributed by atoms with Crippen molar-refractivity contribution in [3.05, 3.63) is 29.3 Å². The molecule has 0 aliphatic carbocycles. The molecule has 0 saturated heterocycles. The minimum atomic E-state index is 0.462. The van der Waals surface area contributed by atoms with Gasteiger partial charge < -0.3 is 10.1 Å². The summed E-state index contributed by atoms with van der Waals surface area (Å²) in [7, 11) is 1.51. The first-order valence-corrected chi connectivity index (χ1v) is 5.01. The molecule has 0 atom stereocenters. The first kappa shape index (κ1) is 10.4. The predicted molar refractivity (Wildman–Crippen MR) is 55.4 cm³/mol. The zero-order valence-corrected chi connectivity index (χ0v) is 8.79. The highest BCUT2D eigenvalue weighted by Gasteiger charge is 2.08. The Bertz CT molecular complexity index is 328. The fourth-order valence-corrected chi connectivity index (χ4v) is 1.58. The van der Waals surface area contributed by atoms with E-state index in [0.29, 0.717) is 6.61 Å². The van der Waals surface area contributed by atoms with E-state index in [4.69, 9.17) is 9.62 Å². The Morgan fingerprint density at radius 1 is 1.47 bits per heavy atom. The fourth-order valence-electron chi connectivity index (χ4n) is 1.58. The van der Waals surface area contributed by atoms with Crippen LogP contribution in [0.15, 0.2) is 18.2 Å². The van der Waals surface area contributed by atoms with Gasteiger partial charge in [0.15, 0.2) is 0 Å². The molecular weight excluding hydrogens is 194 g/mol. The molecule has 1 aromatic rings. The van der Waals surface area contributed by atoms with Crippen molar-refractivity contribution in [1.82, 2.24) is 5.32 Å². The van der Waals surface area contributed by atoms with Crippen molar-refractivity contribution in [2.75, 3.05) is 20.3 Å². The topological polar surface area (TPSA) is 39.7 Å². The van der Waals surface area contributed by atoms with Crippen LogP contribution in [0.25, 0.3) is 0 Å². The number of ether oxygens (including phenoxy) is 1. The zero-order valence-electron chi connectivity index (χ0n) is 8.79. The third-order valence-corrected chi connectivity index (χ3v) is 2.32. The van der Waals surface area contributed by atoms with E-state index in [9.17, 15) is 0 Å². The van der Waals surface area contributed by atoms with Crippen LogP contribution >= 0.6 is 0 Å². The van der Waals surface area contributed by atoms with Crippen LogP contribution < -0.4 is 10.1 Å². The second-order valence-electron chi connectivity index (χ2n) is 3.40. The van der Waals surface area contributed by atoms with E-state index < -0.39 is 0 Å². The first-order valence-electron chi connectivity index (χ1n) is 5.01. The molecule has 0 amide bonds. The Balaban J connectivity index is 2.13. The van der Waals surface area contributed by atoms with Crippen LogP contribution in [0.2, 0.25) is 0 Å². The van der Waals surface area contributed by atoms with Gasteiger partial charge in [-0.1, -0.05) is 6.07 Å². The molecule has 0 unspecified atom stereocenters. The van der Waals surface area contributed by atoms with E-state index in [1.54, 1.807) is 0 Å². The molecule has 0 aromatic heterocycles. The summed E-state index contributed by atoms with van der Waals surface area (Å²) in [5, 5.41) is 3.29. The van der Waals surface area contributed by atoms with Crippen LogP contribution in [0.1, 0.15) is 11.1 Å². The number of hydrogen-bond donors (Lipinski definition) is 1. The summed E-state index contributed by atoms with van der Waals surface area (Å²) in [5.74, 6) is 0.959. The third-order valence-electron chi connectivity index (χ3n) is 2.32. The lowest BCUT2D eigenvalue weighted by Crippen LogP contribution is -2.16. The smallest absolute Gasteiger partial charge is 0.123 e. The molecule has 82 valence electrons. The number of hydrogen-bond acceptors (Lipinski definition) is 4. The highest BCUT2D eigenvalue weighted by molar-refractivity contribution is 5.37. The lowest BCUT2D eigenvalue weighted by atomic mass is 10.1. The summed E-state index contributed by atoms with van der Waals surface area (Å²) in [5.41, 5.74) is 2.26. The average molecular weight is 209 g/mol. The first-order chi connectivity index (χ1) is 7.40. The minimum absolute atomic E-state index is 0.462. The average Bonchev–Trinajstić information content (AvgIpc) is 2.50. The standard InChI is InChI=1S/C11H15NO3/c1-13-15-8-9-2-3-11-10(6-9)7-12-4-5-14-11/h2-3,6,12H,4-5,7-8H2,1H3. The summed E-state index contributed by atoms with van der Waals surface area (Å²) in [6, 6.07) is 6.05. The normalized spacial score (nSPS) is 15.3. The summed E-state index contributed by atoms with van der Waals surface area (Å²) in [6.45, 7) is 2.92. The monoisotopic (exact) mass is 209 g/mol. The lowest BCUT2D eigenvalue weighted by Gasteiger charge is -2.08. The Hall–Kier alpha value is -1.10. The molecule has 1 aliphatic rings. The van der Waals surface area contributed by atoms with E-state index >= 15 is 0 Å². The van der Waals surface area contributed by atoms with Crippen molar-refractivity contribution < 1.29 is 14.5 Å². The largest absolute Gasteiger partial charge is 0.492 e. The summed E-state index contributed by atoms with van der Waals surface area (Å²) in [4.78, 5) is 9.45. The molecule has 0 saturated carbocycles. The van der Waals surface area contributed by atoms with Crippen molar-refractivity contribution in [3.63, 3.8) is 0 Å². The molecule has 1 N–H and O–H groups in total. The van der Waals surface area contributed by atoms with Crippen LogP contribution in [0.3, 0.4) is 0 Å². The molecule has 4 nitrogen and oxygen atoms in total. The van der Waals surface area contributed by atoms with E-state index in [0.717, 1.165) is 31.0 Å². The second kappa shape index (κ2) is 5.11. The van der Waals surface area contributed by atoms with Gasteiger partial charge in [0.1, 0.15) is 19.0 Å². The Kier molecular flexibility index (Phi) is 3.55. The molecule has 0 fully saturated rings.